The Morgan fingerprint density at radius 3 is 2.47 bits per heavy atom. The summed E-state index contributed by atoms with van der Waals surface area (Å²) in [7, 11) is 0. The zero-order valence-corrected chi connectivity index (χ0v) is 17.8. The fraction of sp³-hybridized carbons (Fsp3) is 0.269. The predicted molar refractivity (Wildman–Crippen MR) is 126 cm³/mol. The summed E-state index contributed by atoms with van der Waals surface area (Å²) in [5, 5.41) is 0.761. The van der Waals surface area contributed by atoms with E-state index in [4.69, 9.17) is 16.6 Å². The van der Waals surface area contributed by atoms with Gasteiger partial charge in [0.05, 0.1) is 18.3 Å². The quantitative estimate of drug-likeness (QED) is 0.602. The molecule has 1 fully saturated rings. The first-order valence-corrected chi connectivity index (χ1v) is 11.1. The number of nitrogens with zero attached hydrogens (tertiary/aromatic N) is 3. The van der Waals surface area contributed by atoms with E-state index in [-0.39, 0.29) is 0 Å². The lowest BCUT2D eigenvalue weighted by atomic mass is 9.99. The zero-order valence-electron chi connectivity index (χ0n) is 17.0. The molecule has 5 rings (SSSR count). The molecule has 3 aromatic carbocycles. The van der Waals surface area contributed by atoms with Crippen molar-refractivity contribution >= 4 is 23.0 Å². The van der Waals surface area contributed by atoms with Gasteiger partial charge in [-0.1, -0.05) is 72.3 Å². The second-order valence-electron chi connectivity index (χ2n) is 8.10. The van der Waals surface area contributed by atoms with E-state index < -0.39 is 0 Å². The third-order valence-electron chi connectivity index (χ3n) is 6.16. The van der Waals surface area contributed by atoms with Crippen molar-refractivity contribution in [1.82, 2.24) is 4.90 Å². The lowest BCUT2D eigenvalue weighted by Gasteiger charge is -2.42. The van der Waals surface area contributed by atoms with Crippen molar-refractivity contribution in [2.75, 3.05) is 37.6 Å². The number of hydrogen-bond donors (Lipinski definition) is 0. The Hall–Kier alpha value is -2.62. The maximum atomic E-state index is 6.40. The first-order valence-electron chi connectivity index (χ1n) is 10.7. The smallest absolute Gasteiger partial charge is 0.0741 e. The summed E-state index contributed by atoms with van der Waals surface area (Å²) in [5.41, 5.74) is 6.02. The van der Waals surface area contributed by atoms with Crippen LogP contribution in [-0.2, 0) is 6.42 Å². The zero-order chi connectivity index (χ0) is 20.3. The highest BCUT2D eigenvalue weighted by Crippen LogP contribution is 2.32. The second kappa shape index (κ2) is 8.63. The molecule has 0 N–H and O–H groups in total. The summed E-state index contributed by atoms with van der Waals surface area (Å²) >= 11 is 6.40. The summed E-state index contributed by atoms with van der Waals surface area (Å²) in [6, 6.07) is 27.9. The van der Waals surface area contributed by atoms with Crippen LogP contribution in [0.25, 0.3) is 0 Å². The molecule has 0 bridgehead atoms. The van der Waals surface area contributed by atoms with Crippen molar-refractivity contribution < 1.29 is 0 Å². The van der Waals surface area contributed by atoms with E-state index in [0.717, 1.165) is 61.0 Å². The Morgan fingerprint density at radius 2 is 1.67 bits per heavy atom. The Labute approximate surface area is 183 Å². The average molecular weight is 416 g/mol. The number of aliphatic imine (C=N–C) groups is 1. The van der Waals surface area contributed by atoms with Crippen LogP contribution in [0.1, 0.15) is 16.7 Å². The molecular formula is C26H26ClN3. The van der Waals surface area contributed by atoms with E-state index in [9.17, 15) is 0 Å². The molecule has 4 heteroatoms. The molecule has 152 valence electrons. The summed E-state index contributed by atoms with van der Waals surface area (Å²) in [6.07, 6.45) is 1.10. The molecule has 3 aromatic rings. The van der Waals surface area contributed by atoms with Crippen molar-refractivity contribution in [3.8, 4) is 0 Å². The lowest BCUT2D eigenvalue weighted by Crippen LogP contribution is -2.54. The maximum Gasteiger partial charge on any atom is 0.0741 e. The normalized spacial score (nSPS) is 18.9. The largest absolute Gasteiger partial charge is 0.364 e. The molecule has 3 nitrogen and oxygen atoms in total. The molecule has 2 heterocycles. The van der Waals surface area contributed by atoms with E-state index in [0.29, 0.717) is 6.04 Å². The van der Waals surface area contributed by atoms with Gasteiger partial charge in [-0.15, -0.1) is 0 Å². The number of rotatable bonds is 4. The molecule has 0 aromatic heterocycles. The Balaban J connectivity index is 1.40. The molecule has 1 unspecified atom stereocenters. The van der Waals surface area contributed by atoms with Crippen LogP contribution in [0.3, 0.4) is 0 Å². The molecular weight excluding hydrogens is 390 g/mol. The fourth-order valence-electron chi connectivity index (χ4n) is 4.60. The summed E-state index contributed by atoms with van der Waals surface area (Å²) in [5.74, 6) is 0. The number of halogens is 1. The van der Waals surface area contributed by atoms with Gasteiger partial charge in [0.15, 0.2) is 0 Å². The van der Waals surface area contributed by atoms with Crippen LogP contribution >= 0.6 is 11.6 Å². The molecule has 1 saturated heterocycles. The van der Waals surface area contributed by atoms with Crippen molar-refractivity contribution in [3.63, 3.8) is 0 Å². The number of piperazine rings is 1. The predicted octanol–water partition coefficient (Wildman–Crippen LogP) is 4.92. The van der Waals surface area contributed by atoms with Crippen molar-refractivity contribution in [2.24, 2.45) is 4.99 Å². The molecule has 2 aliphatic heterocycles. The number of hydrogen-bond acceptors (Lipinski definition) is 3. The minimum Gasteiger partial charge on any atom is -0.364 e. The van der Waals surface area contributed by atoms with Gasteiger partial charge in [-0.05, 0) is 30.2 Å². The van der Waals surface area contributed by atoms with Crippen LogP contribution < -0.4 is 4.90 Å². The van der Waals surface area contributed by atoms with Crippen molar-refractivity contribution in [3.05, 3.63) is 101 Å². The van der Waals surface area contributed by atoms with Gasteiger partial charge in [-0.25, -0.2) is 0 Å². The number of benzene rings is 3. The van der Waals surface area contributed by atoms with Gasteiger partial charge in [0.2, 0.25) is 0 Å². The molecule has 0 saturated carbocycles. The SMILES string of the molecule is Clc1ccc2c(c1)C(c1ccccc1)=NCC1CN(CCc3ccccc3)CCN21. The van der Waals surface area contributed by atoms with Crippen LogP contribution in [0, 0.1) is 0 Å². The minimum atomic E-state index is 0.385. The van der Waals surface area contributed by atoms with Gasteiger partial charge in [0.25, 0.3) is 0 Å². The van der Waals surface area contributed by atoms with E-state index in [1.165, 1.54) is 11.3 Å². The topological polar surface area (TPSA) is 18.8 Å². The molecule has 0 radical (unpaired) electrons. The minimum absolute atomic E-state index is 0.385. The lowest BCUT2D eigenvalue weighted by molar-refractivity contribution is 0.227. The first-order chi connectivity index (χ1) is 14.8. The molecule has 0 aliphatic carbocycles. The molecule has 1 atom stereocenters. The molecule has 30 heavy (non-hydrogen) atoms. The standard InChI is InChI=1S/C26H26ClN3/c27-22-11-12-25-24(17-22)26(21-9-5-2-6-10-21)28-18-23-19-29(15-16-30(23)25)14-13-20-7-3-1-4-8-20/h1-12,17,23H,13-16,18-19H2. The van der Waals surface area contributed by atoms with Gasteiger partial charge in [0, 0.05) is 48.0 Å². The summed E-state index contributed by atoms with van der Waals surface area (Å²) in [6.45, 7) is 5.04. The van der Waals surface area contributed by atoms with Crippen LogP contribution in [0.4, 0.5) is 5.69 Å². The van der Waals surface area contributed by atoms with Crippen LogP contribution in [0.5, 0.6) is 0 Å². The summed E-state index contributed by atoms with van der Waals surface area (Å²) in [4.78, 5) is 10.2. The molecule has 2 aliphatic rings. The van der Waals surface area contributed by atoms with Gasteiger partial charge in [-0.3, -0.25) is 9.89 Å². The summed E-state index contributed by atoms with van der Waals surface area (Å²) < 4.78 is 0. The third kappa shape index (κ3) is 4.00. The van der Waals surface area contributed by atoms with E-state index in [1.54, 1.807) is 0 Å². The fourth-order valence-corrected chi connectivity index (χ4v) is 4.77. The highest BCUT2D eigenvalue weighted by atomic mass is 35.5. The first kappa shape index (κ1) is 19.3. The van der Waals surface area contributed by atoms with E-state index in [1.807, 2.05) is 12.1 Å². The van der Waals surface area contributed by atoms with Gasteiger partial charge < -0.3 is 4.90 Å². The van der Waals surface area contributed by atoms with Crippen LogP contribution in [0.2, 0.25) is 5.02 Å². The molecule has 0 spiro atoms. The number of fused-ring (bicyclic) bond motifs is 3. The van der Waals surface area contributed by atoms with Crippen LogP contribution in [-0.4, -0.2) is 49.4 Å². The molecule has 0 amide bonds. The van der Waals surface area contributed by atoms with Gasteiger partial charge in [0.1, 0.15) is 0 Å². The van der Waals surface area contributed by atoms with Gasteiger partial charge in [-0.2, -0.15) is 0 Å². The van der Waals surface area contributed by atoms with E-state index in [2.05, 4.69) is 76.5 Å². The Bertz CT molecular complexity index is 1030. The average Bonchev–Trinajstić information content (AvgIpc) is 2.95. The van der Waals surface area contributed by atoms with Crippen molar-refractivity contribution in [2.45, 2.75) is 12.5 Å². The Kier molecular flexibility index (Phi) is 5.56. The monoisotopic (exact) mass is 415 g/mol. The second-order valence-corrected chi connectivity index (χ2v) is 8.54. The van der Waals surface area contributed by atoms with Crippen molar-refractivity contribution in [1.29, 1.82) is 0 Å². The van der Waals surface area contributed by atoms with Gasteiger partial charge >= 0.3 is 0 Å². The maximum absolute atomic E-state index is 6.40. The van der Waals surface area contributed by atoms with E-state index >= 15 is 0 Å². The highest BCUT2D eigenvalue weighted by molar-refractivity contribution is 6.31. The highest BCUT2D eigenvalue weighted by Gasteiger charge is 2.31. The number of anilines is 1. The Morgan fingerprint density at radius 1 is 0.900 bits per heavy atom. The van der Waals surface area contributed by atoms with Crippen LogP contribution in [0.15, 0.2) is 83.9 Å². The third-order valence-corrected chi connectivity index (χ3v) is 6.39.